The molecule has 5 N–H and O–H groups in total. The van der Waals surface area contributed by atoms with Gasteiger partial charge in [-0.15, -0.1) is 0 Å². The molecule has 4 rings (SSSR count). The first-order valence-electron chi connectivity index (χ1n) is 10.1. The van der Waals surface area contributed by atoms with Gasteiger partial charge < -0.3 is 21.1 Å². The van der Waals surface area contributed by atoms with Crippen molar-refractivity contribution in [2.45, 2.75) is 12.6 Å². The molecule has 2 saturated heterocycles. The minimum absolute atomic E-state index is 0.246. The molecule has 2 fully saturated rings. The molecule has 0 spiro atoms. The number of hydrazine groups is 1. The number of ether oxygens (including phenoxy) is 1. The number of nitrogens with one attached hydrogen (secondary N) is 1. The predicted molar refractivity (Wildman–Crippen MR) is 115 cm³/mol. The van der Waals surface area contributed by atoms with E-state index < -0.39 is 6.09 Å². The van der Waals surface area contributed by atoms with Crippen LogP contribution in [0.4, 0.5) is 26.2 Å². The average Bonchev–Trinajstić information content (AvgIpc) is 2.96. The molecule has 2 aromatic carbocycles. The highest BCUT2D eigenvalue weighted by Crippen LogP contribution is 2.28. The highest BCUT2D eigenvalue weighted by Gasteiger charge is 2.32. The number of anilines is 3. The summed E-state index contributed by atoms with van der Waals surface area (Å²) in [5.74, 6) is -0.360. The van der Waals surface area contributed by atoms with Crippen LogP contribution in [-0.2, 0) is 11.3 Å². The van der Waals surface area contributed by atoms with Crippen molar-refractivity contribution in [3.8, 4) is 0 Å². The highest BCUT2D eigenvalue weighted by atomic mass is 19.1. The van der Waals surface area contributed by atoms with Crippen LogP contribution in [0.3, 0.4) is 0 Å². The fourth-order valence-electron chi connectivity index (χ4n) is 3.84. The van der Waals surface area contributed by atoms with Crippen molar-refractivity contribution in [1.82, 2.24) is 10.4 Å². The van der Waals surface area contributed by atoms with Gasteiger partial charge in [-0.05, 0) is 35.9 Å². The van der Waals surface area contributed by atoms with Crippen molar-refractivity contribution < 1.29 is 13.9 Å². The van der Waals surface area contributed by atoms with Crippen molar-refractivity contribution in [2.24, 2.45) is 5.73 Å². The van der Waals surface area contributed by atoms with Gasteiger partial charge >= 0.3 is 6.09 Å². The first-order valence-corrected chi connectivity index (χ1v) is 10.1. The molecule has 2 aliphatic heterocycles. The molecule has 2 aromatic rings. The summed E-state index contributed by atoms with van der Waals surface area (Å²) >= 11 is 0. The molecule has 8 nitrogen and oxygen atoms in total. The Morgan fingerprint density at radius 1 is 1.17 bits per heavy atom. The number of carbonyl (C=O) groups is 1. The number of nitrogens with zero attached hydrogens (tertiary/aromatic N) is 3. The van der Waals surface area contributed by atoms with Crippen LogP contribution in [0.5, 0.6) is 0 Å². The van der Waals surface area contributed by atoms with E-state index in [0.717, 1.165) is 24.3 Å². The van der Waals surface area contributed by atoms with Gasteiger partial charge in [-0.2, -0.15) is 0 Å². The van der Waals surface area contributed by atoms with E-state index in [1.54, 1.807) is 12.1 Å². The number of hydrogen-bond acceptors (Lipinski definition) is 7. The second-order valence-corrected chi connectivity index (χ2v) is 7.55. The van der Waals surface area contributed by atoms with Crippen LogP contribution in [0.2, 0.25) is 0 Å². The maximum atomic E-state index is 14.9. The fourth-order valence-corrected chi connectivity index (χ4v) is 3.84. The third-order valence-electron chi connectivity index (χ3n) is 5.40. The van der Waals surface area contributed by atoms with E-state index in [1.165, 1.54) is 11.0 Å². The number of benzene rings is 2. The number of halogens is 1. The Kier molecular flexibility index (Phi) is 6.03. The van der Waals surface area contributed by atoms with Crippen molar-refractivity contribution >= 4 is 23.2 Å². The number of rotatable bonds is 5. The number of cyclic esters (lactones) is 1. The SMILES string of the molecule is NC[C@H]1CN(c2ccc(N3CCNN(Cc4cccc(N)c4)CC3)c(F)c2)C(=O)O1. The lowest BCUT2D eigenvalue weighted by atomic mass is 10.2. The van der Waals surface area contributed by atoms with Gasteiger partial charge in [0.2, 0.25) is 0 Å². The summed E-state index contributed by atoms with van der Waals surface area (Å²) in [6.07, 6.45) is -0.850. The Morgan fingerprint density at radius 3 is 2.77 bits per heavy atom. The number of amides is 1. The van der Waals surface area contributed by atoms with Crippen molar-refractivity contribution in [2.75, 3.05) is 54.8 Å². The summed E-state index contributed by atoms with van der Waals surface area (Å²) in [6, 6.07) is 12.7. The average molecular weight is 414 g/mol. The van der Waals surface area contributed by atoms with Crippen LogP contribution >= 0.6 is 0 Å². The zero-order valence-corrected chi connectivity index (χ0v) is 16.8. The monoisotopic (exact) mass is 414 g/mol. The molecule has 1 atom stereocenters. The lowest BCUT2D eigenvalue weighted by Gasteiger charge is -2.24. The van der Waals surface area contributed by atoms with Crippen molar-refractivity contribution in [3.63, 3.8) is 0 Å². The van der Waals surface area contributed by atoms with Gasteiger partial charge in [-0.1, -0.05) is 12.1 Å². The van der Waals surface area contributed by atoms with E-state index in [0.29, 0.717) is 37.6 Å². The molecule has 2 heterocycles. The summed E-state index contributed by atoms with van der Waals surface area (Å²) in [5.41, 5.74) is 17.7. The zero-order chi connectivity index (χ0) is 21.1. The molecule has 0 aliphatic carbocycles. The molecule has 160 valence electrons. The summed E-state index contributed by atoms with van der Waals surface area (Å²) < 4.78 is 20.1. The smallest absolute Gasteiger partial charge is 0.414 e. The molecular weight excluding hydrogens is 387 g/mol. The summed E-state index contributed by atoms with van der Waals surface area (Å²) in [6.45, 7) is 4.07. The van der Waals surface area contributed by atoms with Gasteiger partial charge in [0.15, 0.2) is 0 Å². The molecule has 0 saturated carbocycles. The molecule has 0 bridgehead atoms. The van der Waals surface area contributed by atoms with E-state index in [4.69, 9.17) is 16.2 Å². The first kappa shape index (κ1) is 20.4. The Labute approximate surface area is 175 Å². The second kappa shape index (κ2) is 8.86. The number of nitrogen functional groups attached to an aromatic ring is 1. The van der Waals surface area contributed by atoms with Crippen LogP contribution in [0, 0.1) is 5.82 Å². The summed E-state index contributed by atoms with van der Waals surface area (Å²) in [5, 5.41) is 2.12. The van der Waals surface area contributed by atoms with E-state index in [2.05, 4.69) is 10.4 Å². The normalized spacial score (nSPS) is 20.3. The lowest BCUT2D eigenvalue weighted by Crippen LogP contribution is -2.38. The Morgan fingerprint density at radius 2 is 2.03 bits per heavy atom. The van der Waals surface area contributed by atoms with Crippen LogP contribution in [0.1, 0.15) is 5.56 Å². The maximum absolute atomic E-state index is 14.9. The van der Waals surface area contributed by atoms with Gasteiger partial charge in [-0.25, -0.2) is 14.2 Å². The van der Waals surface area contributed by atoms with Crippen molar-refractivity contribution in [3.05, 3.63) is 53.8 Å². The first-order chi connectivity index (χ1) is 14.5. The molecule has 1 amide bonds. The minimum atomic E-state index is -0.492. The maximum Gasteiger partial charge on any atom is 0.414 e. The molecule has 0 radical (unpaired) electrons. The molecule has 9 heteroatoms. The predicted octanol–water partition coefficient (Wildman–Crippen LogP) is 1.52. The van der Waals surface area contributed by atoms with Gasteiger partial charge in [0.1, 0.15) is 11.9 Å². The number of nitrogens with two attached hydrogens (primary N) is 2. The van der Waals surface area contributed by atoms with Crippen molar-refractivity contribution in [1.29, 1.82) is 0 Å². The Bertz CT molecular complexity index is 911. The Balaban J connectivity index is 1.41. The molecule has 2 aliphatic rings. The van der Waals surface area contributed by atoms with E-state index >= 15 is 0 Å². The van der Waals surface area contributed by atoms with Gasteiger partial charge in [0, 0.05) is 45.0 Å². The standard InChI is InChI=1S/C21H27FN6O2/c22-19-11-17(28-14-18(12-23)30-21(28)29)4-5-20(19)26-7-6-25-27(9-8-26)13-15-2-1-3-16(24)10-15/h1-5,10-11,18,25H,6-9,12-14,23-24H2/t18-/m0/s1. The number of carbonyl (C=O) groups excluding carboxylic acids is 1. The minimum Gasteiger partial charge on any atom is -0.443 e. The third kappa shape index (κ3) is 4.48. The van der Waals surface area contributed by atoms with Crippen LogP contribution in [-0.4, -0.2) is 56.5 Å². The van der Waals surface area contributed by atoms with E-state index in [9.17, 15) is 9.18 Å². The largest absolute Gasteiger partial charge is 0.443 e. The molecule has 0 aromatic heterocycles. The summed E-state index contributed by atoms with van der Waals surface area (Å²) in [4.78, 5) is 15.4. The van der Waals surface area contributed by atoms with Gasteiger partial charge in [-0.3, -0.25) is 10.3 Å². The Hall–Kier alpha value is -2.88. The topological polar surface area (TPSA) is 100 Å². The summed E-state index contributed by atoms with van der Waals surface area (Å²) in [7, 11) is 0. The quantitative estimate of drug-likeness (QED) is 0.638. The van der Waals surface area contributed by atoms with Crippen LogP contribution in [0.15, 0.2) is 42.5 Å². The third-order valence-corrected chi connectivity index (χ3v) is 5.40. The molecule has 0 unspecified atom stereocenters. The van der Waals surface area contributed by atoms with E-state index in [1.807, 2.05) is 29.2 Å². The number of hydrogen-bond donors (Lipinski definition) is 3. The van der Waals surface area contributed by atoms with Gasteiger partial charge in [0.05, 0.1) is 17.9 Å². The second-order valence-electron chi connectivity index (χ2n) is 7.55. The molecule has 30 heavy (non-hydrogen) atoms. The fraction of sp³-hybridized carbons (Fsp3) is 0.381. The lowest BCUT2D eigenvalue weighted by molar-refractivity contribution is 0.145. The van der Waals surface area contributed by atoms with Gasteiger partial charge in [0.25, 0.3) is 0 Å². The molecular formula is C21H27FN6O2. The van der Waals surface area contributed by atoms with E-state index in [-0.39, 0.29) is 18.5 Å². The zero-order valence-electron chi connectivity index (χ0n) is 16.8. The highest BCUT2D eigenvalue weighted by molar-refractivity contribution is 5.90. The van der Waals surface area contributed by atoms with Crippen LogP contribution in [0.25, 0.3) is 0 Å². The van der Waals surface area contributed by atoms with Crippen LogP contribution < -0.4 is 26.7 Å².